The number of nitrogens with two attached hydrogens (primary N) is 1. The Labute approximate surface area is 104 Å². The number of aliphatic hydroxyl groups is 1. The van der Waals surface area contributed by atoms with Crippen LogP contribution in [0.4, 0.5) is 0 Å². The second-order valence-electron chi connectivity index (χ2n) is 4.88. The third-order valence-corrected chi connectivity index (χ3v) is 3.61. The highest BCUT2D eigenvalue weighted by atomic mass is 16.5. The van der Waals surface area contributed by atoms with E-state index in [4.69, 9.17) is 10.5 Å². The fourth-order valence-corrected chi connectivity index (χ4v) is 2.11. The molecular formula is C14H23NO2. The summed E-state index contributed by atoms with van der Waals surface area (Å²) >= 11 is 0. The van der Waals surface area contributed by atoms with Crippen molar-refractivity contribution in [2.45, 2.75) is 38.6 Å². The normalized spacial score (nSPS) is 16.4. The average Bonchev–Trinajstić information content (AvgIpc) is 2.29. The minimum atomic E-state index is -0.272. The lowest BCUT2D eigenvalue weighted by molar-refractivity contribution is 0.226. The van der Waals surface area contributed by atoms with Crippen molar-refractivity contribution in [1.82, 2.24) is 0 Å². The Morgan fingerprint density at radius 1 is 1.47 bits per heavy atom. The number of ether oxygens (including phenoxy) is 1. The van der Waals surface area contributed by atoms with Crippen molar-refractivity contribution in [1.29, 1.82) is 0 Å². The summed E-state index contributed by atoms with van der Waals surface area (Å²) in [6.07, 6.45) is 0.629. The van der Waals surface area contributed by atoms with Gasteiger partial charge in [-0.3, -0.25) is 0 Å². The van der Waals surface area contributed by atoms with Crippen molar-refractivity contribution in [3.8, 4) is 5.75 Å². The Hall–Kier alpha value is -1.06. The molecule has 1 aromatic carbocycles. The highest BCUT2D eigenvalue weighted by Gasteiger charge is 2.33. The fraction of sp³-hybridized carbons (Fsp3) is 0.571. The van der Waals surface area contributed by atoms with Crippen molar-refractivity contribution in [3.63, 3.8) is 0 Å². The zero-order valence-electron chi connectivity index (χ0n) is 11.2. The standard InChI is InChI=1S/C14H23NO2/c1-10-5-6-13(17-4)12(9-10)14(3,7-8-16)11(2)15/h5-6,9,11,16H,7-8,15H2,1-4H3. The second kappa shape index (κ2) is 5.52. The number of hydrogen-bond donors (Lipinski definition) is 2. The van der Waals surface area contributed by atoms with Crippen LogP contribution in [0.25, 0.3) is 0 Å². The molecule has 3 N–H and O–H groups in total. The number of rotatable bonds is 5. The predicted molar refractivity (Wildman–Crippen MR) is 70.4 cm³/mol. The molecule has 2 atom stereocenters. The van der Waals surface area contributed by atoms with Gasteiger partial charge in [-0.25, -0.2) is 0 Å². The van der Waals surface area contributed by atoms with Gasteiger partial charge in [0.2, 0.25) is 0 Å². The fourth-order valence-electron chi connectivity index (χ4n) is 2.11. The lowest BCUT2D eigenvalue weighted by Crippen LogP contribution is -2.42. The van der Waals surface area contributed by atoms with Crippen LogP contribution in [-0.4, -0.2) is 24.9 Å². The summed E-state index contributed by atoms with van der Waals surface area (Å²) in [4.78, 5) is 0. The molecule has 0 aliphatic carbocycles. The summed E-state index contributed by atoms with van der Waals surface area (Å²) in [5.41, 5.74) is 8.07. The van der Waals surface area contributed by atoms with Gasteiger partial charge in [0.05, 0.1) is 7.11 Å². The Bertz CT molecular complexity index is 376. The van der Waals surface area contributed by atoms with Crippen LogP contribution in [-0.2, 0) is 5.41 Å². The van der Waals surface area contributed by atoms with Crippen LogP contribution in [0.5, 0.6) is 5.75 Å². The van der Waals surface area contributed by atoms with Crippen molar-refractivity contribution in [3.05, 3.63) is 29.3 Å². The Morgan fingerprint density at radius 2 is 2.12 bits per heavy atom. The van der Waals surface area contributed by atoms with E-state index in [1.807, 2.05) is 26.0 Å². The first-order valence-corrected chi connectivity index (χ1v) is 5.97. The highest BCUT2D eigenvalue weighted by Crippen LogP contribution is 2.37. The van der Waals surface area contributed by atoms with E-state index in [-0.39, 0.29) is 18.1 Å². The van der Waals surface area contributed by atoms with E-state index in [0.717, 1.165) is 11.3 Å². The van der Waals surface area contributed by atoms with Crippen LogP contribution in [0.3, 0.4) is 0 Å². The van der Waals surface area contributed by atoms with Gasteiger partial charge in [-0.05, 0) is 26.3 Å². The van der Waals surface area contributed by atoms with Gasteiger partial charge in [0.1, 0.15) is 5.75 Å². The van der Waals surface area contributed by atoms with Gasteiger partial charge in [0.25, 0.3) is 0 Å². The summed E-state index contributed by atoms with van der Waals surface area (Å²) in [5.74, 6) is 0.837. The van der Waals surface area contributed by atoms with Crippen LogP contribution in [0.15, 0.2) is 18.2 Å². The van der Waals surface area contributed by atoms with Crippen LogP contribution in [0, 0.1) is 6.92 Å². The lowest BCUT2D eigenvalue weighted by Gasteiger charge is -2.35. The third kappa shape index (κ3) is 2.79. The van der Waals surface area contributed by atoms with Crippen molar-refractivity contribution < 1.29 is 9.84 Å². The molecule has 0 radical (unpaired) electrons. The van der Waals surface area contributed by atoms with Gasteiger partial charge < -0.3 is 15.6 Å². The summed E-state index contributed by atoms with van der Waals surface area (Å²) in [6.45, 7) is 6.21. The molecule has 0 fully saturated rings. The summed E-state index contributed by atoms with van der Waals surface area (Å²) < 4.78 is 5.41. The van der Waals surface area contributed by atoms with Gasteiger partial charge in [0, 0.05) is 23.6 Å². The Balaban J connectivity index is 3.31. The first-order chi connectivity index (χ1) is 7.95. The Kier molecular flexibility index (Phi) is 4.54. The Morgan fingerprint density at radius 3 is 2.59 bits per heavy atom. The van der Waals surface area contributed by atoms with E-state index in [1.165, 1.54) is 5.56 Å². The molecule has 3 nitrogen and oxygen atoms in total. The second-order valence-corrected chi connectivity index (χ2v) is 4.88. The molecule has 0 amide bonds. The zero-order valence-corrected chi connectivity index (χ0v) is 11.2. The average molecular weight is 237 g/mol. The molecule has 0 spiro atoms. The maximum atomic E-state index is 9.25. The summed E-state index contributed by atoms with van der Waals surface area (Å²) in [5, 5.41) is 9.25. The number of methoxy groups -OCH3 is 1. The lowest BCUT2D eigenvalue weighted by atomic mass is 9.73. The van der Waals surface area contributed by atoms with Gasteiger partial charge in [-0.2, -0.15) is 0 Å². The van der Waals surface area contributed by atoms with Gasteiger partial charge in [-0.1, -0.05) is 24.6 Å². The topological polar surface area (TPSA) is 55.5 Å². The molecule has 17 heavy (non-hydrogen) atoms. The number of hydrogen-bond acceptors (Lipinski definition) is 3. The molecule has 96 valence electrons. The van der Waals surface area contributed by atoms with Gasteiger partial charge in [-0.15, -0.1) is 0 Å². The molecule has 0 saturated heterocycles. The molecule has 3 heteroatoms. The smallest absolute Gasteiger partial charge is 0.122 e. The molecule has 0 heterocycles. The minimum absolute atomic E-state index is 0.0506. The predicted octanol–water partition coefficient (Wildman–Crippen LogP) is 1.99. The number of benzene rings is 1. The maximum absolute atomic E-state index is 9.25. The monoisotopic (exact) mass is 237 g/mol. The van der Waals surface area contributed by atoms with Gasteiger partial charge in [0.15, 0.2) is 0 Å². The molecule has 0 aliphatic heterocycles. The van der Waals surface area contributed by atoms with E-state index in [2.05, 4.69) is 13.0 Å². The maximum Gasteiger partial charge on any atom is 0.122 e. The van der Waals surface area contributed by atoms with Crippen LogP contribution < -0.4 is 10.5 Å². The molecule has 1 rings (SSSR count). The molecule has 2 unspecified atom stereocenters. The molecule has 1 aromatic rings. The van der Waals surface area contributed by atoms with E-state index < -0.39 is 0 Å². The first kappa shape index (κ1) is 14.0. The molecule has 0 aliphatic rings. The summed E-state index contributed by atoms with van der Waals surface area (Å²) in [6, 6.07) is 6.02. The first-order valence-electron chi connectivity index (χ1n) is 5.97. The van der Waals surface area contributed by atoms with Gasteiger partial charge >= 0.3 is 0 Å². The van der Waals surface area contributed by atoms with Crippen LogP contribution >= 0.6 is 0 Å². The van der Waals surface area contributed by atoms with Crippen LogP contribution in [0.1, 0.15) is 31.4 Å². The van der Waals surface area contributed by atoms with Crippen LogP contribution in [0.2, 0.25) is 0 Å². The van der Waals surface area contributed by atoms with E-state index in [1.54, 1.807) is 7.11 Å². The summed E-state index contributed by atoms with van der Waals surface area (Å²) in [7, 11) is 1.66. The number of aryl methyl sites for hydroxylation is 1. The zero-order chi connectivity index (χ0) is 13.1. The van der Waals surface area contributed by atoms with E-state index in [0.29, 0.717) is 6.42 Å². The molecular weight excluding hydrogens is 214 g/mol. The highest BCUT2D eigenvalue weighted by molar-refractivity contribution is 5.43. The van der Waals surface area contributed by atoms with E-state index >= 15 is 0 Å². The van der Waals surface area contributed by atoms with Crippen molar-refractivity contribution in [2.24, 2.45) is 5.73 Å². The quantitative estimate of drug-likeness (QED) is 0.823. The number of aliphatic hydroxyl groups excluding tert-OH is 1. The minimum Gasteiger partial charge on any atom is -0.496 e. The molecule has 0 saturated carbocycles. The van der Waals surface area contributed by atoms with E-state index in [9.17, 15) is 5.11 Å². The van der Waals surface area contributed by atoms with Crippen molar-refractivity contribution >= 4 is 0 Å². The largest absolute Gasteiger partial charge is 0.496 e. The SMILES string of the molecule is COc1ccc(C)cc1C(C)(CCO)C(C)N. The molecule has 0 bridgehead atoms. The van der Waals surface area contributed by atoms with Crippen molar-refractivity contribution in [2.75, 3.05) is 13.7 Å². The third-order valence-electron chi connectivity index (χ3n) is 3.61. The molecule has 0 aromatic heterocycles.